The van der Waals surface area contributed by atoms with Crippen molar-refractivity contribution in [3.8, 4) is 0 Å². The van der Waals surface area contributed by atoms with E-state index in [9.17, 15) is 9.59 Å². The van der Waals surface area contributed by atoms with E-state index in [1.807, 2.05) is 13.8 Å². The molecule has 0 bridgehead atoms. The highest BCUT2D eigenvalue weighted by Gasteiger charge is 2.04. The van der Waals surface area contributed by atoms with Crippen LogP contribution in [0.3, 0.4) is 0 Å². The molecule has 0 saturated carbocycles. The van der Waals surface area contributed by atoms with Gasteiger partial charge in [0.05, 0.1) is 37.4 Å². The first-order chi connectivity index (χ1) is 13.9. The molecule has 7 heteroatoms. The van der Waals surface area contributed by atoms with E-state index in [-0.39, 0.29) is 11.1 Å². The highest BCUT2D eigenvalue weighted by Crippen LogP contribution is 2.07. The van der Waals surface area contributed by atoms with Gasteiger partial charge in [-0.25, -0.2) is 9.59 Å². The molecule has 0 radical (unpaired) electrons. The first-order valence-corrected chi connectivity index (χ1v) is 9.16. The Hall–Kier alpha value is -3.32. The standard InChI is InChI=1S/C22H24N2O5/c1-15(17-3-7-19(8-4-17)21(25)26)23-11-13-29-14-12-24-16(2)18-5-9-20(10-6-18)22(27)28/h3-10H,11-14H2,1-2H3,(H,25,26)(H,27,28). The van der Waals surface area contributed by atoms with E-state index >= 15 is 0 Å². The fourth-order valence-corrected chi connectivity index (χ4v) is 2.55. The molecule has 29 heavy (non-hydrogen) atoms. The van der Waals surface area contributed by atoms with Crippen molar-refractivity contribution in [2.24, 2.45) is 9.98 Å². The fourth-order valence-electron chi connectivity index (χ4n) is 2.55. The van der Waals surface area contributed by atoms with Crippen molar-refractivity contribution >= 4 is 23.4 Å². The summed E-state index contributed by atoms with van der Waals surface area (Å²) in [5, 5.41) is 17.8. The molecule has 0 aliphatic rings. The average molecular weight is 396 g/mol. The summed E-state index contributed by atoms with van der Waals surface area (Å²) in [7, 11) is 0. The number of rotatable bonds is 10. The lowest BCUT2D eigenvalue weighted by Gasteiger charge is -2.04. The van der Waals surface area contributed by atoms with Gasteiger partial charge in [0.1, 0.15) is 0 Å². The summed E-state index contributed by atoms with van der Waals surface area (Å²) in [5.74, 6) is -1.90. The lowest BCUT2D eigenvalue weighted by molar-refractivity contribution is 0.0686. The van der Waals surface area contributed by atoms with E-state index in [0.717, 1.165) is 22.6 Å². The van der Waals surface area contributed by atoms with Gasteiger partial charge in [-0.05, 0) is 49.2 Å². The van der Waals surface area contributed by atoms with Crippen LogP contribution in [0.4, 0.5) is 0 Å². The van der Waals surface area contributed by atoms with Gasteiger partial charge in [0.15, 0.2) is 0 Å². The molecule has 0 fully saturated rings. The van der Waals surface area contributed by atoms with E-state index in [0.29, 0.717) is 26.3 Å². The van der Waals surface area contributed by atoms with Gasteiger partial charge in [0.25, 0.3) is 0 Å². The highest BCUT2D eigenvalue weighted by molar-refractivity contribution is 6.00. The Balaban J connectivity index is 1.72. The van der Waals surface area contributed by atoms with Gasteiger partial charge < -0.3 is 14.9 Å². The Morgan fingerprint density at radius 3 is 1.31 bits per heavy atom. The number of carboxylic acid groups (broad SMARTS) is 2. The predicted octanol–water partition coefficient (Wildman–Crippen LogP) is 3.42. The molecule has 0 aromatic heterocycles. The summed E-state index contributed by atoms with van der Waals surface area (Å²) in [6.07, 6.45) is 0. The number of carboxylic acids is 2. The molecular formula is C22H24N2O5. The summed E-state index contributed by atoms with van der Waals surface area (Å²) >= 11 is 0. The zero-order valence-electron chi connectivity index (χ0n) is 16.5. The van der Waals surface area contributed by atoms with Crippen LogP contribution in [0.1, 0.15) is 45.7 Å². The van der Waals surface area contributed by atoms with Crippen molar-refractivity contribution in [1.29, 1.82) is 0 Å². The Morgan fingerprint density at radius 1 is 0.690 bits per heavy atom. The first-order valence-electron chi connectivity index (χ1n) is 9.16. The Morgan fingerprint density at radius 2 is 1.00 bits per heavy atom. The highest BCUT2D eigenvalue weighted by atomic mass is 16.5. The summed E-state index contributed by atoms with van der Waals surface area (Å²) in [4.78, 5) is 30.6. The van der Waals surface area contributed by atoms with Crippen molar-refractivity contribution in [2.75, 3.05) is 26.3 Å². The quantitative estimate of drug-likeness (QED) is 0.472. The van der Waals surface area contributed by atoms with Gasteiger partial charge in [-0.2, -0.15) is 0 Å². The molecule has 0 atom stereocenters. The van der Waals surface area contributed by atoms with Crippen LogP contribution in [0, 0.1) is 0 Å². The number of ether oxygens (including phenoxy) is 1. The van der Waals surface area contributed by atoms with Gasteiger partial charge in [-0.1, -0.05) is 24.3 Å². The van der Waals surface area contributed by atoms with E-state index in [1.165, 1.54) is 0 Å². The summed E-state index contributed by atoms with van der Waals surface area (Å²) in [5.41, 5.74) is 3.90. The Kier molecular flexibility index (Phi) is 8.24. The van der Waals surface area contributed by atoms with Crippen LogP contribution in [0.25, 0.3) is 0 Å². The van der Waals surface area contributed by atoms with Crippen molar-refractivity contribution in [3.63, 3.8) is 0 Å². The molecule has 0 amide bonds. The largest absolute Gasteiger partial charge is 0.478 e. The third kappa shape index (κ3) is 6.97. The van der Waals surface area contributed by atoms with Crippen molar-refractivity contribution in [3.05, 3.63) is 70.8 Å². The number of benzene rings is 2. The molecule has 0 saturated heterocycles. The third-order valence-corrected chi connectivity index (χ3v) is 4.27. The van der Waals surface area contributed by atoms with E-state index in [1.54, 1.807) is 48.5 Å². The number of hydrogen-bond acceptors (Lipinski definition) is 5. The number of aliphatic imine (C=N–C) groups is 2. The maximum Gasteiger partial charge on any atom is 0.335 e. The molecule has 2 aromatic carbocycles. The van der Waals surface area contributed by atoms with Crippen LogP contribution >= 0.6 is 0 Å². The van der Waals surface area contributed by atoms with E-state index < -0.39 is 11.9 Å². The number of aromatic carboxylic acids is 2. The van der Waals surface area contributed by atoms with Gasteiger partial charge in [0, 0.05) is 11.4 Å². The number of nitrogens with zero attached hydrogens (tertiary/aromatic N) is 2. The minimum absolute atomic E-state index is 0.249. The molecule has 0 heterocycles. The smallest absolute Gasteiger partial charge is 0.335 e. The number of carbonyl (C=O) groups is 2. The molecule has 2 aromatic rings. The number of hydrogen-bond donors (Lipinski definition) is 2. The third-order valence-electron chi connectivity index (χ3n) is 4.27. The Labute approximate surface area is 169 Å². The monoisotopic (exact) mass is 396 g/mol. The minimum atomic E-state index is -0.949. The maximum absolute atomic E-state index is 10.9. The zero-order valence-corrected chi connectivity index (χ0v) is 16.5. The molecule has 0 unspecified atom stereocenters. The second-order valence-electron chi connectivity index (χ2n) is 6.31. The lowest BCUT2D eigenvalue weighted by atomic mass is 10.1. The Bertz CT molecular complexity index is 824. The van der Waals surface area contributed by atoms with Crippen LogP contribution in [0.15, 0.2) is 58.5 Å². The molecular weight excluding hydrogens is 372 g/mol. The summed E-state index contributed by atoms with van der Waals surface area (Å²) in [6, 6.07) is 13.2. The minimum Gasteiger partial charge on any atom is -0.478 e. The van der Waals surface area contributed by atoms with Crippen molar-refractivity contribution in [1.82, 2.24) is 0 Å². The lowest BCUT2D eigenvalue weighted by Crippen LogP contribution is -2.06. The van der Waals surface area contributed by atoms with Crippen LogP contribution in [-0.2, 0) is 4.74 Å². The second kappa shape index (κ2) is 10.9. The topological polar surface area (TPSA) is 109 Å². The van der Waals surface area contributed by atoms with Gasteiger partial charge >= 0.3 is 11.9 Å². The molecule has 152 valence electrons. The van der Waals surface area contributed by atoms with Gasteiger partial charge in [-0.3, -0.25) is 9.98 Å². The van der Waals surface area contributed by atoms with Crippen LogP contribution in [-0.4, -0.2) is 59.9 Å². The molecule has 7 nitrogen and oxygen atoms in total. The molecule has 2 rings (SSSR count). The zero-order chi connectivity index (χ0) is 21.2. The van der Waals surface area contributed by atoms with Crippen molar-refractivity contribution < 1.29 is 24.5 Å². The molecule has 0 aliphatic carbocycles. The molecule has 0 aliphatic heterocycles. The normalized spacial score (nSPS) is 12.1. The molecule has 0 spiro atoms. The summed E-state index contributed by atoms with van der Waals surface area (Å²) in [6.45, 7) is 5.69. The van der Waals surface area contributed by atoms with Crippen molar-refractivity contribution in [2.45, 2.75) is 13.8 Å². The van der Waals surface area contributed by atoms with E-state index in [2.05, 4.69) is 9.98 Å². The maximum atomic E-state index is 10.9. The predicted molar refractivity (Wildman–Crippen MR) is 112 cm³/mol. The second-order valence-corrected chi connectivity index (χ2v) is 6.31. The average Bonchev–Trinajstić information content (AvgIpc) is 2.72. The van der Waals surface area contributed by atoms with Crippen LogP contribution in [0.2, 0.25) is 0 Å². The first kappa shape index (κ1) is 22.0. The van der Waals surface area contributed by atoms with Gasteiger partial charge in [0.2, 0.25) is 0 Å². The van der Waals surface area contributed by atoms with Gasteiger partial charge in [-0.15, -0.1) is 0 Å². The SMILES string of the molecule is CC(=NCCOCCN=C(C)c1ccc(C(=O)O)cc1)c1ccc(C(=O)O)cc1. The van der Waals surface area contributed by atoms with Crippen LogP contribution in [0.5, 0.6) is 0 Å². The fraction of sp³-hybridized carbons (Fsp3) is 0.273. The summed E-state index contributed by atoms with van der Waals surface area (Å²) < 4.78 is 5.54. The van der Waals surface area contributed by atoms with E-state index in [4.69, 9.17) is 14.9 Å². The van der Waals surface area contributed by atoms with Crippen LogP contribution < -0.4 is 0 Å². The molecule has 2 N–H and O–H groups in total.